The molecule has 0 saturated carbocycles. The first-order valence-electron chi connectivity index (χ1n) is 6.62. The molecule has 2 aromatic carbocycles. The van der Waals surface area contributed by atoms with Crippen LogP contribution in [0.2, 0.25) is 5.02 Å². The molecule has 5 heteroatoms. The van der Waals surface area contributed by atoms with Gasteiger partial charge in [0.25, 0.3) is 0 Å². The molecule has 3 N–H and O–H groups in total. The Kier molecular flexibility index (Phi) is 5.31. The lowest BCUT2D eigenvalue weighted by molar-refractivity contribution is 0.354. The van der Waals surface area contributed by atoms with Gasteiger partial charge in [-0.2, -0.15) is 0 Å². The molecule has 2 aromatic rings. The van der Waals surface area contributed by atoms with Crippen LogP contribution >= 0.6 is 11.6 Å². The van der Waals surface area contributed by atoms with Gasteiger partial charge < -0.3 is 20.5 Å². The Bertz CT molecular complexity index is 587. The van der Waals surface area contributed by atoms with Crippen molar-refractivity contribution in [3.63, 3.8) is 0 Å². The normalized spacial score (nSPS) is 11.8. The van der Waals surface area contributed by atoms with E-state index in [2.05, 4.69) is 5.32 Å². The lowest BCUT2D eigenvalue weighted by Gasteiger charge is -2.20. The summed E-state index contributed by atoms with van der Waals surface area (Å²) >= 11 is 5.89. The van der Waals surface area contributed by atoms with Crippen LogP contribution in [0.3, 0.4) is 0 Å². The topological polar surface area (TPSA) is 56.5 Å². The van der Waals surface area contributed by atoms with Crippen molar-refractivity contribution < 1.29 is 9.47 Å². The summed E-state index contributed by atoms with van der Waals surface area (Å²) in [6, 6.07) is 13.3. The average Bonchev–Trinajstić information content (AvgIpc) is 2.53. The second-order valence-electron chi connectivity index (χ2n) is 4.55. The van der Waals surface area contributed by atoms with E-state index in [-0.39, 0.29) is 6.04 Å². The number of methoxy groups -OCH3 is 2. The number of hydrogen-bond donors (Lipinski definition) is 2. The first-order chi connectivity index (χ1) is 10.2. The van der Waals surface area contributed by atoms with Crippen LogP contribution in [0.1, 0.15) is 11.6 Å². The number of hydrogen-bond acceptors (Lipinski definition) is 4. The Morgan fingerprint density at radius 3 is 2.29 bits per heavy atom. The van der Waals surface area contributed by atoms with Crippen LogP contribution in [0.5, 0.6) is 11.5 Å². The maximum atomic E-state index is 5.89. The predicted molar refractivity (Wildman–Crippen MR) is 86.4 cm³/mol. The van der Waals surface area contributed by atoms with Gasteiger partial charge >= 0.3 is 0 Å². The van der Waals surface area contributed by atoms with Crippen molar-refractivity contribution in [1.29, 1.82) is 0 Å². The molecule has 0 bridgehead atoms. The van der Waals surface area contributed by atoms with Gasteiger partial charge in [-0.1, -0.05) is 17.7 Å². The van der Waals surface area contributed by atoms with Gasteiger partial charge in [0.05, 0.1) is 20.3 Å². The molecule has 0 spiro atoms. The largest absolute Gasteiger partial charge is 0.493 e. The van der Waals surface area contributed by atoms with E-state index in [1.165, 1.54) is 0 Å². The van der Waals surface area contributed by atoms with E-state index in [0.717, 1.165) is 11.3 Å². The second-order valence-corrected chi connectivity index (χ2v) is 4.99. The molecule has 0 aliphatic carbocycles. The summed E-state index contributed by atoms with van der Waals surface area (Å²) in [5, 5.41) is 4.09. The SMILES string of the molecule is COc1ccc(C(CN)Nc2ccc(Cl)cc2)cc1OC. The third-order valence-corrected chi connectivity index (χ3v) is 3.48. The van der Waals surface area contributed by atoms with Crippen LogP contribution in [0, 0.1) is 0 Å². The van der Waals surface area contributed by atoms with Gasteiger partial charge in [0.1, 0.15) is 0 Å². The Labute approximate surface area is 129 Å². The first-order valence-corrected chi connectivity index (χ1v) is 6.99. The number of benzene rings is 2. The zero-order valence-electron chi connectivity index (χ0n) is 12.1. The lowest BCUT2D eigenvalue weighted by Crippen LogP contribution is -2.20. The zero-order chi connectivity index (χ0) is 15.2. The van der Waals surface area contributed by atoms with Gasteiger partial charge in [-0.25, -0.2) is 0 Å². The predicted octanol–water partition coefficient (Wildman–Crippen LogP) is 3.47. The summed E-state index contributed by atoms with van der Waals surface area (Å²) in [5.41, 5.74) is 7.88. The molecule has 4 nitrogen and oxygen atoms in total. The number of anilines is 1. The van der Waals surface area contributed by atoms with Gasteiger partial charge in [-0.05, 0) is 42.0 Å². The van der Waals surface area contributed by atoms with E-state index in [1.54, 1.807) is 14.2 Å². The average molecular weight is 307 g/mol. The van der Waals surface area contributed by atoms with Crippen LogP contribution < -0.4 is 20.5 Å². The third kappa shape index (κ3) is 3.80. The van der Waals surface area contributed by atoms with Crippen LogP contribution in [0.25, 0.3) is 0 Å². The molecular weight excluding hydrogens is 288 g/mol. The van der Waals surface area contributed by atoms with Crippen molar-refractivity contribution >= 4 is 17.3 Å². The van der Waals surface area contributed by atoms with Crippen molar-refractivity contribution in [2.45, 2.75) is 6.04 Å². The number of ether oxygens (including phenoxy) is 2. The summed E-state index contributed by atoms with van der Waals surface area (Å²) < 4.78 is 10.6. The number of nitrogens with two attached hydrogens (primary N) is 1. The smallest absolute Gasteiger partial charge is 0.161 e. The van der Waals surface area contributed by atoms with Crippen LogP contribution in [-0.2, 0) is 0 Å². The summed E-state index contributed by atoms with van der Waals surface area (Å²) in [6.07, 6.45) is 0. The standard InChI is InChI=1S/C16H19ClN2O2/c1-20-15-8-3-11(9-16(15)21-2)14(10-18)19-13-6-4-12(17)5-7-13/h3-9,14,19H,10,18H2,1-2H3. The summed E-state index contributed by atoms with van der Waals surface area (Å²) in [4.78, 5) is 0. The van der Waals surface area contributed by atoms with Crippen molar-refractivity contribution in [1.82, 2.24) is 0 Å². The monoisotopic (exact) mass is 306 g/mol. The highest BCUT2D eigenvalue weighted by Gasteiger charge is 2.13. The fraction of sp³-hybridized carbons (Fsp3) is 0.250. The fourth-order valence-electron chi connectivity index (χ4n) is 2.10. The van der Waals surface area contributed by atoms with Gasteiger partial charge in [-0.3, -0.25) is 0 Å². The van der Waals surface area contributed by atoms with E-state index < -0.39 is 0 Å². The summed E-state index contributed by atoms with van der Waals surface area (Å²) in [6.45, 7) is 0.456. The Morgan fingerprint density at radius 1 is 1.05 bits per heavy atom. The molecule has 112 valence electrons. The minimum absolute atomic E-state index is 0.0222. The minimum Gasteiger partial charge on any atom is -0.493 e. The highest BCUT2D eigenvalue weighted by Crippen LogP contribution is 2.31. The summed E-state index contributed by atoms with van der Waals surface area (Å²) in [7, 11) is 3.23. The summed E-state index contributed by atoms with van der Waals surface area (Å²) in [5.74, 6) is 1.38. The highest BCUT2D eigenvalue weighted by atomic mass is 35.5. The fourth-order valence-corrected chi connectivity index (χ4v) is 2.22. The van der Waals surface area contributed by atoms with Crippen molar-refractivity contribution in [2.24, 2.45) is 5.73 Å². The van der Waals surface area contributed by atoms with Gasteiger partial charge in [0, 0.05) is 17.3 Å². The number of nitrogens with one attached hydrogen (secondary N) is 1. The molecule has 1 atom stereocenters. The molecular formula is C16H19ClN2O2. The van der Waals surface area contributed by atoms with Crippen LogP contribution in [0.15, 0.2) is 42.5 Å². The van der Waals surface area contributed by atoms with Gasteiger partial charge in [0.15, 0.2) is 11.5 Å². The Balaban J connectivity index is 2.22. The van der Waals surface area contributed by atoms with E-state index >= 15 is 0 Å². The molecule has 0 aliphatic rings. The quantitative estimate of drug-likeness (QED) is 0.858. The molecule has 0 radical (unpaired) electrons. The molecule has 0 amide bonds. The second kappa shape index (κ2) is 7.20. The Hall–Kier alpha value is -1.91. The molecule has 21 heavy (non-hydrogen) atoms. The highest BCUT2D eigenvalue weighted by molar-refractivity contribution is 6.30. The van der Waals surface area contributed by atoms with E-state index in [0.29, 0.717) is 23.1 Å². The maximum absolute atomic E-state index is 5.89. The molecule has 0 heterocycles. The lowest BCUT2D eigenvalue weighted by atomic mass is 10.1. The van der Waals surface area contributed by atoms with Crippen molar-refractivity contribution in [3.8, 4) is 11.5 Å². The first kappa shape index (κ1) is 15.5. The van der Waals surface area contributed by atoms with E-state index in [9.17, 15) is 0 Å². The van der Waals surface area contributed by atoms with E-state index in [1.807, 2.05) is 42.5 Å². The van der Waals surface area contributed by atoms with Gasteiger partial charge in [-0.15, -0.1) is 0 Å². The molecule has 0 aliphatic heterocycles. The van der Waals surface area contributed by atoms with Crippen LogP contribution in [-0.4, -0.2) is 20.8 Å². The van der Waals surface area contributed by atoms with Gasteiger partial charge in [0.2, 0.25) is 0 Å². The Morgan fingerprint density at radius 2 is 1.71 bits per heavy atom. The minimum atomic E-state index is -0.0222. The molecule has 0 fully saturated rings. The molecule has 0 saturated heterocycles. The number of rotatable bonds is 6. The molecule has 2 rings (SSSR count). The third-order valence-electron chi connectivity index (χ3n) is 3.23. The zero-order valence-corrected chi connectivity index (χ0v) is 12.9. The number of halogens is 1. The van der Waals surface area contributed by atoms with Crippen LogP contribution in [0.4, 0.5) is 5.69 Å². The maximum Gasteiger partial charge on any atom is 0.161 e. The van der Waals surface area contributed by atoms with Crippen molar-refractivity contribution in [3.05, 3.63) is 53.1 Å². The molecule has 1 unspecified atom stereocenters. The van der Waals surface area contributed by atoms with E-state index in [4.69, 9.17) is 26.8 Å². The van der Waals surface area contributed by atoms with Crippen molar-refractivity contribution in [2.75, 3.05) is 26.1 Å². The molecule has 0 aromatic heterocycles.